The van der Waals surface area contributed by atoms with E-state index in [0.717, 1.165) is 17.7 Å². The molecule has 0 radical (unpaired) electrons. The van der Waals surface area contributed by atoms with E-state index in [1.54, 1.807) is 13.8 Å². The van der Waals surface area contributed by atoms with Crippen molar-refractivity contribution in [3.8, 4) is 11.3 Å². The van der Waals surface area contributed by atoms with Crippen molar-refractivity contribution in [2.24, 2.45) is 0 Å². The number of thioether (sulfide) groups is 1. The van der Waals surface area contributed by atoms with Gasteiger partial charge in [0.1, 0.15) is 5.82 Å². The molecule has 1 amide bonds. The smallest absolute Gasteiger partial charge is 0.239 e. The second-order valence-corrected chi connectivity index (χ2v) is 7.90. The van der Waals surface area contributed by atoms with Crippen molar-refractivity contribution in [3.05, 3.63) is 41.0 Å². The van der Waals surface area contributed by atoms with Crippen molar-refractivity contribution >= 4 is 34.1 Å². The van der Waals surface area contributed by atoms with Gasteiger partial charge in [-0.15, -0.1) is 21.5 Å². The Bertz CT molecular complexity index is 902. The molecule has 3 rings (SSSR count). The number of anilines is 1. The molecular weight excluding hydrogens is 368 g/mol. The average Bonchev–Trinajstić information content (AvgIpc) is 3.23. The van der Waals surface area contributed by atoms with E-state index in [2.05, 4.69) is 39.6 Å². The van der Waals surface area contributed by atoms with Crippen molar-refractivity contribution in [2.45, 2.75) is 37.6 Å². The zero-order valence-electron chi connectivity index (χ0n) is 14.8. The van der Waals surface area contributed by atoms with E-state index in [0.29, 0.717) is 16.1 Å². The van der Waals surface area contributed by atoms with Crippen LogP contribution in [-0.2, 0) is 11.2 Å². The van der Waals surface area contributed by atoms with Gasteiger partial charge in [-0.2, -0.15) is 0 Å². The van der Waals surface area contributed by atoms with Crippen LogP contribution in [0.15, 0.2) is 34.8 Å². The Morgan fingerprint density at radius 3 is 2.69 bits per heavy atom. The highest BCUT2D eigenvalue weighted by molar-refractivity contribution is 8.00. The number of hydrogen-bond acceptors (Lipinski definition) is 7. The lowest BCUT2D eigenvalue weighted by molar-refractivity contribution is -0.115. The number of carbonyl (C=O) groups excluding carboxylic acids is 1. The van der Waals surface area contributed by atoms with Gasteiger partial charge < -0.3 is 11.2 Å². The van der Waals surface area contributed by atoms with Gasteiger partial charge in [0.2, 0.25) is 11.1 Å². The number of nitrogens with two attached hydrogens (primary N) is 1. The maximum absolute atomic E-state index is 12.4. The first-order chi connectivity index (χ1) is 12.5. The first-order valence-corrected chi connectivity index (χ1v) is 9.93. The normalized spacial score (nSPS) is 12.1. The summed E-state index contributed by atoms with van der Waals surface area (Å²) in [7, 11) is 0. The molecule has 26 heavy (non-hydrogen) atoms. The Hall–Kier alpha value is -2.39. The van der Waals surface area contributed by atoms with E-state index >= 15 is 0 Å². The fourth-order valence-electron chi connectivity index (χ4n) is 2.22. The zero-order valence-corrected chi connectivity index (χ0v) is 16.4. The molecule has 0 fully saturated rings. The summed E-state index contributed by atoms with van der Waals surface area (Å²) in [4.78, 5) is 16.9. The van der Waals surface area contributed by atoms with Crippen LogP contribution < -0.4 is 11.2 Å². The topological polar surface area (TPSA) is 98.7 Å². The fourth-order valence-corrected chi connectivity index (χ4v) is 3.76. The molecule has 136 valence electrons. The maximum atomic E-state index is 12.4. The lowest BCUT2D eigenvalue weighted by Gasteiger charge is -2.09. The average molecular weight is 389 g/mol. The standard InChI is InChI=1S/C17H20N6OS2/c1-4-12-5-7-13(8-6-12)14-9-25-16(19-14)20-15(24)10(2)26-17-22-21-11(3)23(17)18/h5-10H,4,18H2,1-3H3,(H,19,20,24). The maximum Gasteiger partial charge on any atom is 0.239 e. The summed E-state index contributed by atoms with van der Waals surface area (Å²) in [5.74, 6) is 6.26. The van der Waals surface area contributed by atoms with Crippen LogP contribution >= 0.6 is 23.1 Å². The molecule has 2 heterocycles. The van der Waals surface area contributed by atoms with Crippen LogP contribution in [0.5, 0.6) is 0 Å². The number of aromatic nitrogens is 4. The van der Waals surface area contributed by atoms with Crippen molar-refractivity contribution in [2.75, 3.05) is 11.2 Å². The van der Waals surface area contributed by atoms with E-state index in [1.807, 2.05) is 17.5 Å². The molecule has 1 atom stereocenters. The van der Waals surface area contributed by atoms with Crippen molar-refractivity contribution in [1.82, 2.24) is 19.9 Å². The van der Waals surface area contributed by atoms with Gasteiger partial charge in [-0.25, -0.2) is 9.66 Å². The van der Waals surface area contributed by atoms with E-state index in [1.165, 1.54) is 33.3 Å². The largest absolute Gasteiger partial charge is 0.336 e. The Morgan fingerprint density at radius 2 is 2.08 bits per heavy atom. The van der Waals surface area contributed by atoms with Gasteiger partial charge >= 0.3 is 0 Å². The number of carbonyl (C=O) groups is 1. The minimum absolute atomic E-state index is 0.155. The number of thiazole rings is 1. The molecule has 2 aromatic heterocycles. The summed E-state index contributed by atoms with van der Waals surface area (Å²) in [6.07, 6.45) is 1.00. The number of aryl methyl sites for hydroxylation is 2. The van der Waals surface area contributed by atoms with E-state index < -0.39 is 0 Å². The first-order valence-electron chi connectivity index (χ1n) is 8.17. The van der Waals surface area contributed by atoms with E-state index in [9.17, 15) is 4.79 Å². The Kier molecular flexibility index (Phi) is 5.58. The first kappa shape index (κ1) is 18.4. The van der Waals surface area contributed by atoms with Crippen molar-refractivity contribution in [1.29, 1.82) is 0 Å². The third-order valence-corrected chi connectivity index (χ3v) is 5.69. The molecule has 0 saturated heterocycles. The second kappa shape index (κ2) is 7.88. The van der Waals surface area contributed by atoms with Crippen LogP contribution in [0.1, 0.15) is 25.2 Å². The molecule has 3 aromatic rings. The summed E-state index contributed by atoms with van der Waals surface area (Å²) >= 11 is 2.66. The molecule has 0 bridgehead atoms. The second-order valence-electron chi connectivity index (χ2n) is 5.74. The van der Waals surface area contributed by atoms with Crippen molar-refractivity contribution < 1.29 is 4.79 Å². The number of amides is 1. The molecule has 0 aliphatic carbocycles. The highest BCUT2D eigenvalue weighted by atomic mass is 32.2. The van der Waals surface area contributed by atoms with Crippen LogP contribution in [0.4, 0.5) is 5.13 Å². The number of rotatable bonds is 6. The summed E-state index contributed by atoms with van der Waals surface area (Å²) in [6, 6.07) is 8.29. The molecular formula is C17H20N6OS2. The van der Waals surface area contributed by atoms with Gasteiger partial charge in [-0.1, -0.05) is 43.0 Å². The molecule has 0 aliphatic rings. The zero-order chi connectivity index (χ0) is 18.7. The highest BCUT2D eigenvalue weighted by Gasteiger charge is 2.19. The third-order valence-electron chi connectivity index (χ3n) is 3.88. The number of nitrogens with zero attached hydrogens (tertiary/aromatic N) is 4. The Morgan fingerprint density at radius 1 is 1.35 bits per heavy atom. The molecule has 9 heteroatoms. The van der Waals surface area contributed by atoms with Crippen molar-refractivity contribution in [3.63, 3.8) is 0 Å². The minimum Gasteiger partial charge on any atom is -0.336 e. The predicted octanol–water partition coefficient (Wildman–Crippen LogP) is 3.11. The number of nitrogens with one attached hydrogen (secondary N) is 1. The number of benzene rings is 1. The molecule has 7 nitrogen and oxygen atoms in total. The van der Waals surface area contributed by atoms with Gasteiger partial charge in [0.15, 0.2) is 5.13 Å². The molecule has 1 aromatic carbocycles. The van der Waals surface area contributed by atoms with E-state index in [-0.39, 0.29) is 11.2 Å². The summed E-state index contributed by atoms with van der Waals surface area (Å²) in [5, 5.41) is 13.3. The predicted molar refractivity (Wildman–Crippen MR) is 106 cm³/mol. The molecule has 1 unspecified atom stereocenters. The van der Waals surface area contributed by atoms with Gasteiger partial charge in [0.25, 0.3) is 0 Å². The summed E-state index contributed by atoms with van der Waals surface area (Å²) < 4.78 is 1.37. The SMILES string of the molecule is CCc1ccc(-c2csc(NC(=O)C(C)Sc3nnc(C)n3N)n2)cc1. The van der Waals surface area contributed by atoms with Crippen LogP contribution in [-0.4, -0.2) is 31.0 Å². The Balaban J connectivity index is 1.64. The van der Waals surface area contributed by atoms with Gasteiger partial charge in [0, 0.05) is 10.9 Å². The lowest BCUT2D eigenvalue weighted by atomic mass is 10.1. The Labute approximate surface area is 160 Å². The quantitative estimate of drug-likeness (QED) is 0.497. The van der Waals surface area contributed by atoms with Gasteiger partial charge in [0.05, 0.1) is 10.9 Å². The number of hydrogen-bond donors (Lipinski definition) is 2. The molecule has 0 spiro atoms. The third kappa shape index (κ3) is 4.05. The van der Waals surface area contributed by atoms with E-state index in [4.69, 9.17) is 5.84 Å². The molecule has 0 aliphatic heterocycles. The summed E-state index contributed by atoms with van der Waals surface area (Å²) in [5.41, 5.74) is 3.17. The molecule has 3 N–H and O–H groups in total. The van der Waals surface area contributed by atoms with Crippen LogP contribution in [0.25, 0.3) is 11.3 Å². The minimum atomic E-state index is -0.378. The lowest BCUT2D eigenvalue weighted by Crippen LogP contribution is -2.23. The fraction of sp³-hybridized carbons (Fsp3) is 0.294. The van der Waals surface area contributed by atoms with Gasteiger partial charge in [-0.3, -0.25) is 4.79 Å². The molecule has 0 saturated carbocycles. The van der Waals surface area contributed by atoms with Crippen LogP contribution in [0, 0.1) is 6.92 Å². The number of nitrogen functional groups attached to an aromatic ring is 1. The van der Waals surface area contributed by atoms with Crippen LogP contribution in [0.2, 0.25) is 0 Å². The van der Waals surface area contributed by atoms with Crippen LogP contribution in [0.3, 0.4) is 0 Å². The highest BCUT2D eigenvalue weighted by Crippen LogP contribution is 2.27. The summed E-state index contributed by atoms with van der Waals surface area (Å²) in [6.45, 7) is 5.67. The monoisotopic (exact) mass is 388 g/mol. The van der Waals surface area contributed by atoms with Gasteiger partial charge in [-0.05, 0) is 25.8 Å².